The van der Waals surface area contributed by atoms with Gasteiger partial charge in [-0.3, -0.25) is 4.90 Å². The molecule has 1 spiro atoms. The highest BCUT2D eigenvalue weighted by Gasteiger charge is 2.50. The molecule has 8 heteroatoms. The number of hydrogen-bond acceptors (Lipinski definition) is 7. The van der Waals surface area contributed by atoms with E-state index in [4.69, 9.17) is 4.74 Å². The smallest absolute Gasteiger partial charge is 0.148 e. The number of likely N-dealkylation sites (tertiary alicyclic amines) is 1. The van der Waals surface area contributed by atoms with E-state index >= 15 is 0 Å². The topological polar surface area (TPSA) is 50.3 Å². The molecule has 0 aliphatic carbocycles. The largest absolute Gasteiger partial charge is 0.379 e. The lowest BCUT2D eigenvalue weighted by atomic mass is 9.83. The molecule has 3 aromatic heterocycles. The number of fused-ring (bicyclic) bond motifs is 2. The fourth-order valence-electron chi connectivity index (χ4n) is 4.99. The van der Waals surface area contributed by atoms with E-state index in [0.717, 1.165) is 58.7 Å². The zero-order valence-corrected chi connectivity index (χ0v) is 18.2. The van der Waals surface area contributed by atoms with E-state index in [1.165, 1.54) is 16.2 Å². The molecule has 2 saturated heterocycles. The number of hydrogen-bond donors (Lipinski definition) is 1. The van der Waals surface area contributed by atoms with Crippen molar-refractivity contribution in [3.05, 3.63) is 46.7 Å². The van der Waals surface area contributed by atoms with Gasteiger partial charge in [0.2, 0.25) is 0 Å². The Bertz CT molecular complexity index is 1250. The highest BCUT2D eigenvalue weighted by molar-refractivity contribution is 7.18. The number of thiophene rings is 1. The minimum Gasteiger partial charge on any atom is -0.379 e. The van der Waals surface area contributed by atoms with Crippen LogP contribution in [0.4, 0.5) is 15.8 Å². The molecule has 0 saturated carbocycles. The number of nitrogens with zero attached hydrogens (tertiary/aromatic N) is 3. The van der Waals surface area contributed by atoms with Crippen molar-refractivity contribution in [2.45, 2.75) is 24.3 Å². The van der Waals surface area contributed by atoms with Crippen molar-refractivity contribution in [2.24, 2.45) is 0 Å². The van der Waals surface area contributed by atoms with Gasteiger partial charge in [0.25, 0.3) is 0 Å². The first-order valence-corrected chi connectivity index (χ1v) is 11.8. The Hall–Kier alpha value is -2.13. The molecule has 4 aromatic rings. The summed E-state index contributed by atoms with van der Waals surface area (Å²) in [5, 5.41) is 4.33. The van der Waals surface area contributed by atoms with Gasteiger partial charge in [0.1, 0.15) is 10.6 Å². The average Bonchev–Trinajstić information content (AvgIpc) is 3.51. The van der Waals surface area contributed by atoms with Crippen LogP contribution in [0.5, 0.6) is 0 Å². The van der Waals surface area contributed by atoms with E-state index in [0.29, 0.717) is 11.6 Å². The summed E-state index contributed by atoms with van der Waals surface area (Å²) >= 11 is 3.20. The minimum absolute atomic E-state index is 0.0935. The molecule has 1 N–H and O–H groups in total. The quantitative estimate of drug-likeness (QED) is 0.464. The second kappa shape index (κ2) is 6.95. The summed E-state index contributed by atoms with van der Waals surface area (Å²) in [7, 11) is 2.21. The SMILES string of the molecule is CN1CCC(c2cc3c(Nc4cc5ncsc5cc4F)ccnc3s2)[C@]12CCOC2. The predicted molar refractivity (Wildman–Crippen MR) is 121 cm³/mol. The molecule has 2 atom stereocenters. The average molecular weight is 441 g/mol. The predicted octanol–water partition coefficient (Wildman–Crippen LogP) is 5.37. The summed E-state index contributed by atoms with van der Waals surface area (Å²) in [6.07, 6.45) is 3.99. The van der Waals surface area contributed by atoms with Gasteiger partial charge in [-0.05, 0) is 50.7 Å². The van der Waals surface area contributed by atoms with E-state index in [1.807, 2.05) is 6.07 Å². The highest BCUT2D eigenvalue weighted by Crippen LogP contribution is 2.49. The fourth-order valence-corrected chi connectivity index (χ4v) is 6.95. The maximum Gasteiger partial charge on any atom is 0.148 e. The first-order valence-electron chi connectivity index (χ1n) is 10.1. The van der Waals surface area contributed by atoms with Gasteiger partial charge >= 0.3 is 0 Å². The Morgan fingerprint density at radius 2 is 2.20 bits per heavy atom. The molecule has 0 radical (unpaired) electrons. The van der Waals surface area contributed by atoms with Crippen molar-refractivity contribution in [3.63, 3.8) is 0 Å². The number of aromatic nitrogens is 2. The van der Waals surface area contributed by atoms with Crippen LogP contribution in [0.1, 0.15) is 23.6 Å². The first-order chi connectivity index (χ1) is 14.6. The summed E-state index contributed by atoms with van der Waals surface area (Å²) in [5.74, 6) is 0.173. The van der Waals surface area contributed by atoms with Crippen LogP contribution in [0.15, 0.2) is 36.0 Å². The second-order valence-corrected chi connectivity index (χ2v) is 10.1. The van der Waals surface area contributed by atoms with Crippen molar-refractivity contribution in [1.82, 2.24) is 14.9 Å². The molecule has 6 rings (SSSR count). The van der Waals surface area contributed by atoms with E-state index < -0.39 is 0 Å². The monoisotopic (exact) mass is 440 g/mol. The normalized spacial score (nSPS) is 24.5. The molecule has 1 aromatic carbocycles. The number of pyridine rings is 1. The lowest BCUT2D eigenvalue weighted by Crippen LogP contribution is -2.45. The van der Waals surface area contributed by atoms with Crippen LogP contribution in [0.3, 0.4) is 0 Å². The number of nitrogens with one attached hydrogen (secondary N) is 1. The number of thiazole rings is 1. The van der Waals surface area contributed by atoms with Gasteiger partial charge in [0, 0.05) is 29.0 Å². The van der Waals surface area contributed by atoms with Crippen LogP contribution in [0.25, 0.3) is 20.4 Å². The third-order valence-corrected chi connectivity index (χ3v) is 8.63. The minimum atomic E-state index is -0.272. The molecule has 2 fully saturated rings. The lowest BCUT2D eigenvalue weighted by molar-refractivity contribution is 0.111. The third kappa shape index (κ3) is 2.78. The van der Waals surface area contributed by atoms with Crippen LogP contribution >= 0.6 is 22.7 Å². The number of ether oxygens (including phenoxy) is 1. The van der Waals surface area contributed by atoms with Crippen molar-refractivity contribution < 1.29 is 9.13 Å². The van der Waals surface area contributed by atoms with E-state index in [-0.39, 0.29) is 11.4 Å². The summed E-state index contributed by atoms with van der Waals surface area (Å²) < 4.78 is 21.3. The molecule has 2 aliphatic rings. The van der Waals surface area contributed by atoms with Crippen molar-refractivity contribution in [3.8, 4) is 0 Å². The molecular formula is C22H21FN4OS2. The number of rotatable bonds is 3. The molecule has 5 nitrogen and oxygen atoms in total. The number of likely N-dealkylation sites (N-methyl/N-ethyl adjacent to an activating group) is 1. The fraction of sp³-hybridized carbons (Fsp3) is 0.364. The van der Waals surface area contributed by atoms with Crippen molar-refractivity contribution >= 4 is 54.5 Å². The standard InChI is InChI=1S/C22H21FN4OS2/c1-27-6-3-14(22(27)4-7-28-11-22)19-8-13-16(2-5-24-21(13)30-19)26-17-10-18-20(9-15(17)23)29-12-25-18/h2,5,8-10,12,14H,3-4,6-7,11H2,1H3,(H,24,26)/t14?,22-/m1/s1. The summed E-state index contributed by atoms with van der Waals surface area (Å²) in [5.41, 5.74) is 3.95. The summed E-state index contributed by atoms with van der Waals surface area (Å²) in [6, 6.07) is 7.49. The Labute approximate surface area is 181 Å². The Kier molecular flexibility index (Phi) is 4.31. The lowest BCUT2D eigenvalue weighted by Gasteiger charge is -2.35. The maximum atomic E-state index is 14.7. The van der Waals surface area contributed by atoms with E-state index in [2.05, 4.69) is 33.3 Å². The molecule has 0 amide bonds. The van der Waals surface area contributed by atoms with Crippen LogP contribution in [-0.2, 0) is 4.74 Å². The molecule has 2 aliphatic heterocycles. The summed E-state index contributed by atoms with van der Waals surface area (Å²) in [6.45, 7) is 2.70. The van der Waals surface area contributed by atoms with Gasteiger partial charge in [0.15, 0.2) is 0 Å². The van der Waals surface area contributed by atoms with Gasteiger partial charge in [-0.2, -0.15) is 0 Å². The molecule has 30 heavy (non-hydrogen) atoms. The molecular weight excluding hydrogens is 419 g/mol. The van der Waals surface area contributed by atoms with Crippen LogP contribution in [0, 0.1) is 5.82 Å². The van der Waals surface area contributed by atoms with Gasteiger partial charge in [0.05, 0.1) is 39.2 Å². The van der Waals surface area contributed by atoms with Crippen molar-refractivity contribution in [1.29, 1.82) is 0 Å². The van der Waals surface area contributed by atoms with Crippen molar-refractivity contribution in [2.75, 3.05) is 32.1 Å². The van der Waals surface area contributed by atoms with E-state index in [9.17, 15) is 4.39 Å². The third-order valence-electron chi connectivity index (χ3n) is 6.68. The second-order valence-electron chi connectivity index (χ2n) is 8.17. The Morgan fingerprint density at radius 1 is 1.27 bits per heavy atom. The van der Waals surface area contributed by atoms with Gasteiger partial charge in [-0.25, -0.2) is 14.4 Å². The van der Waals surface area contributed by atoms with Crippen LogP contribution < -0.4 is 5.32 Å². The Balaban J connectivity index is 1.39. The van der Waals surface area contributed by atoms with Crippen LogP contribution in [0.2, 0.25) is 0 Å². The number of benzene rings is 1. The summed E-state index contributed by atoms with van der Waals surface area (Å²) in [4.78, 5) is 13.7. The Morgan fingerprint density at radius 3 is 3.07 bits per heavy atom. The highest BCUT2D eigenvalue weighted by atomic mass is 32.1. The van der Waals surface area contributed by atoms with Gasteiger partial charge in [-0.1, -0.05) is 0 Å². The number of anilines is 2. The zero-order valence-electron chi connectivity index (χ0n) is 16.5. The van der Waals surface area contributed by atoms with E-state index in [1.54, 1.807) is 35.2 Å². The van der Waals surface area contributed by atoms with Gasteiger partial charge in [-0.15, -0.1) is 22.7 Å². The number of halogens is 1. The molecule has 0 bridgehead atoms. The zero-order chi connectivity index (χ0) is 20.3. The first kappa shape index (κ1) is 18.6. The van der Waals surface area contributed by atoms with Gasteiger partial charge < -0.3 is 10.1 Å². The van der Waals surface area contributed by atoms with Crippen LogP contribution in [-0.4, -0.2) is 47.2 Å². The molecule has 154 valence electrons. The molecule has 5 heterocycles. The maximum absolute atomic E-state index is 14.7. The molecule has 1 unspecified atom stereocenters.